The molecule has 0 aliphatic carbocycles. The van der Waals surface area contributed by atoms with Gasteiger partial charge in [-0.3, -0.25) is 9.59 Å². The van der Waals surface area contributed by atoms with E-state index in [1.807, 2.05) is 44.2 Å². The van der Waals surface area contributed by atoms with E-state index in [1.165, 1.54) is 0 Å². The van der Waals surface area contributed by atoms with Gasteiger partial charge in [0.1, 0.15) is 12.1 Å². The van der Waals surface area contributed by atoms with Crippen molar-refractivity contribution in [2.45, 2.75) is 52.2 Å². The summed E-state index contributed by atoms with van der Waals surface area (Å²) >= 11 is 0. The fraction of sp³-hybridized carbons (Fsp3) is 0.529. The lowest BCUT2D eigenvalue weighted by atomic mass is 9.94. The summed E-state index contributed by atoms with van der Waals surface area (Å²) in [5.41, 5.74) is 0.837. The second kappa shape index (κ2) is 6.29. The number of nitrogens with one attached hydrogen (secondary N) is 1. The lowest BCUT2D eigenvalue weighted by Crippen LogP contribution is -2.61. The Hall–Kier alpha value is -1.84. The Morgan fingerprint density at radius 2 is 1.71 bits per heavy atom. The van der Waals surface area contributed by atoms with Crippen LogP contribution in [0.2, 0.25) is 0 Å². The molecule has 1 aliphatic heterocycles. The Balaban J connectivity index is 2.31. The molecule has 1 saturated heterocycles. The molecule has 2 rings (SSSR count). The van der Waals surface area contributed by atoms with Gasteiger partial charge in [0.15, 0.2) is 0 Å². The number of carbonyl (C=O) groups is 2. The summed E-state index contributed by atoms with van der Waals surface area (Å²) in [5, 5.41) is 2.89. The summed E-state index contributed by atoms with van der Waals surface area (Å²) in [7, 11) is 0. The zero-order chi connectivity index (χ0) is 15.6. The van der Waals surface area contributed by atoms with E-state index in [0.717, 1.165) is 5.56 Å². The normalized spacial score (nSPS) is 22.9. The van der Waals surface area contributed by atoms with Gasteiger partial charge in [-0.25, -0.2) is 0 Å². The molecular weight excluding hydrogens is 264 g/mol. The molecule has 1 fully saturated rings. The third-order valence-electron chi connectivity index (χ3n) is 3.81. The van der Waals surface area contributed by atoms with E-state index in [9.17, 15) is 9.59 Å². The van der Waals surface area contributed by atoms with Crippen LogP contribution in [0.5, 0.6) is 0 Å². The predicted molar refractivity (Wildman–Crippen MR) is 82.6 cm³/mol. The standard InChI is InChI=1S/C17H24N2O2/c1-11(2)10-14-16(20)18-15(13-8-6-5-7-9-13)17(21)19(14)12(3)4/h5-9,11-12,14-15H,10H2,1-4H3,(H,18,20). The molecule has 0 radical (unpaired) electrons. The van der Waals surface area contributed by atoms with Crippen LogP contribution < -0.4 is 5.32 Å². The SMILES string of the molecule is CC(C)CC1C(=O)NC(c2ccccc2)C(=O)N1C(C)C. The molecule has 1 aliphatic rings. The van der Waals surface area contributed by atoms with E-state index < -0.39 is 6.04 Å². The van der Waals surface area contributed by atoms with Crippen molar-refractivity contribution in [3.63, 3.8) is 0 Å². The molecule has 0 bridgehead atoms. The number of amides is 2. The van der Waals surface area contributed by atoms with Crippen molar-refractivity contribution < 1.29 is 9.59 Å². The van der Waals surface area contributed by atoms with E-state index in [1.54, 1.807) is 4.90 Å². The molecule has 0 aromatic heterocycles. The van der Waals surface area contributed by atoms with Crippen molar-refractivity contribution in [2.24, 2.45) is 5.92 Å². The average Bonchev–Trinajstić information content (AvgIpc) is 2.42. The quantitative estimate of drug-likeness (QED) is 0.925. The number of hydrogen-bond acceptors (Lipinski definition) is 2. The summed E-state index contributed by atoms with van der Waals surface area (Å²) in [5.74, 6) is 0.301. The van der Waals surface area contributed by atoms with Crippen LogP contribution >= 0.6 is 0 Å². The Morgan fingerprint density at radius 3 is 2.24 bits per heavy atom. The van der Waals surface area contributed by atoms with Crippen LogP contribution in [0.15, 0.2) is 30.3 Å². The maximum atomic E-state index is 12.8. The largest absolute Gasteiger partial charge is 0.339 e. The van der Waals surface area contributed by atoms with Crippen LogP contribution in [-0.4, -0.2) is 28.8 Å². The predicted octanol–water partition coefficient (Wildman–Crippen LogP) is 2.51. The van der Waals surface area contributed by atoms with Gasteiger partial charge < -0.3 is 10.2 Å². The highest BCUT2D eigenvalue weighted by Gasteiger charge is 2.42. The first-order valence-electron chi connectivity index (χ1n) is 7.59. The topological polar surface area (TPSA) is 49.4 Å². The van der Waals surface area contributed by atoms with Crippen molar-refractivity contribution in [3.8, 4) is 0 Å². The smallest absolute Gasteiger partial charge is 0.250 e. The second-order valence-electron chi connectivity index (χ2n) is 6.34. The molecule has 0 saturated carbocycles. The average molecular weight is 288 g/mol. The summed E-state index contributed by atoms with van der Waals surface area (Å²) in [6.07, 6.45) is 0.692. The monoisotopic (exact) mass is 288 g/mol. The van der Waals surface area contributed by atoms with Crippen LogP contribution in [-0.2, 0) is 9.59 Å². The van der Waals surface area contributed by atoms with Gasteiger partial charge in [0, 0.05) is 6.04 Å². The summed E-state index contributed by atoms with van der Waals surface area (Å²) < 4.78 is 0. The first-order chi connectivity index (χ1) is 9.91. The molecular formula is C17H24N2O2. The molecule has 4 heteroatoms. The van der Waals surface area contributed by atoms with Crippen molar-refractivity contribution in [1.82, 2.24) is 10.2 Å². The molecule has 1 aromatic carbocycles. The summed E-state index contributed by atoms with van der Waals surface area (Å²) in [6.45, 7) is 8.07. The maximum Gasteiger partial charge on any atom is 0.250 e. The van der Waals surface area contributed by atoms with Gasteiger partial charge in [0.2, 0.25) is 5.91 Å². The first-order valence-corrected chi connectivity index (χ1v) is 7.59. The van der Waals surface area contributed by atoms with E-state index in [-0.39, 0.29) is 23.9 Å². The Morgan fingerprint density at radius 1 is 1.10 bits per heavy atom. The highest BCUT2D eigenvalue weighted by atomic mass is 16.2. The lowest BCUT2D eigenvalue weighted by molar-refractivity contribution is -0.152. The Kier molecular flexibility index (Phi) is 4.66. The second-order valence-corrected chi connectivity index (χ2v) is 6.34. The van der Waals surface area contributed by atoms with Crippen LogP contribution in [0.1, 0.15) is 45.7 Å². The zero-order valence-corrected chi connectivity index (χ0v) is 13.2. The van der Waals surface area contributed by atoms with Gasteiger partial charge >= 0.3 is 0 Å². The number of benzene rings is 1. The van der Waals surface area contributed by atoms with Gasteiger partial charge in [-0.1, -0.05) is 44.2 Å². The van der Waals surface area contributed by atoms with Crippen LogP contribution in [0.3, 0.4) is 0 Å². The number of carbonyl (C=O) groups excluding carboxylic acids is 2. The molecule has 2 unspecified atom stereocenters. The van der Waals surface area contributed by atoms with Gasteiger partial charge in [0.05, 0.1) is 0 Å². The van der Waals surface area contributed by atoms with Crippen molar-refractivity contribution >= 4 is 11.8 Å². The molecule has 114 valence electrons. The number of rotatable bonds is 4. The van der Waals surface area contributed by atoms with E-state index in [2.05, 4.69) is 19.2 Å². The molecule has 1 N–H and O–H groups in total. The van der Waals surface area contributed by atoms with Crippen LogP contribution in [0.4, 0.5) is 0 Å². The Labute approximate surface area is 126 Å². The third kappa shape index (κ3) is 3.26. The fourth-order valence-electron chi connectivity index (χ4n) is 2.88. The summed E-state index contributed by atoms with van der Waals surface area (Å²) in [6, 6.07) is 8.51. The minimum absolute atomic E-state index is 0.0125. The van der Waals surface area contributed by atoms with E-state index >= 15 is 0 Å². The number of hydrogen-bond donors (Lipinski definition) is 1. The lowest BCUT2D eigenvalue weighted by Gasteiger charge is -2.42. The number of nitrogens with zero attached hydrogens (tertiary/aromatic N) is 1. The van der Waals surface area contributed by atoms with Crippen LogP contribution in [0.25, 0.3) is 0 Å². The fourth-order valence-corrected chi connectivity index (χ4v) is 2.88. The summed E-state index contributed by atoms with van der Waals surface area (Å²) in [4.78, 5) is 27.0. The molecule has 2 atom stereocenters. The zero-order valence-electron chi connectivity index (χ0n) is 13.2. The molecule has 2 amide bonds. The van der Waals surface area contributed by atoms with Gasteiger partial charge in [-0.05, 0) is 31.7 Å². The van der Waals surface area contributed by atoms with Gasteiger partial charge in [0.25, 0.3) is 5.91 Å². The highest BCUT2D eigenvalue weighted by Crippen LogP contribution is 2.26. The molecule has 21 heavy (non-hydrogen) atoms. The highest BCUT2D eigenvalue weighted by molar-refractivity contribution is 5.97. The number of piperazine rings is 1. The van der Waals surface area contributed by atoms with Gasteiger partial charge in [-0.2, -0.15) is 0 Å². The van der Waals surface area contributed by atoms with Crippen LogP contribution in [0, 0.1) is 5.92 Å². The van der Waals surface area contributed by atoms with Crippen molar-refractivity contribution in [1.29, 1.82) is 0 Å². The van der Waals surface area contributed by atoms with E-state index in [4.69, 9.17) is 0 Å². The molecule has 0 spiro atoms. The Bertz CT molecular complexity index is 511. The van der Waals surface area contributed by atoms with Crippen molar-refractivity contribution in [2.75, 3.05) is 0 Å². The van der Waals surface area contributed by atoms with E-state index in [0.29, 0.717) is 12.3 Å². The minimum Gasteiger partial charge on any atom is -0.339 e. The molecule has 1 heterocycles. The maximum absolute atomic E-state index is 12.8. The first kappa shape index (κ1) is 15.5. The molecule has 4 nitrogen and oxygen atoms in total. The van der Waals surface area contributed by atoms with Gasteiger partial charge in [-0.15, -0.1) is 0 Å². The third-order valence-corrected chi connectivity index (χ3v) is 3.81. The minimum atomic E-state index is -0.565. The van der Waals surface area contributed by atoms with Crippen molar-refractivity contribution in [3.05, 3.63) is 35.9 Å². The molecule has 1 aromatic rings.